The number of rotatable bonds is 3. The van der Waals surface area contributed by atoms with Gasteiger partial charge in [-0.2, -0.15) is 0 Å². The van der Waals surface area contributed by atoms with E-state index in [0.29, 0.717) is 0 Å². The molecule has 4 heteroatoms. The fourth-order valence-corrected chi connectivity index (χ4v) is 0.212. The molecule has 0 aliphatic rings. The molecule has 0 amide bonds. The molecule has 0 aliphatic heterocycles. The highest BCUT2D eigenvalue weighted by atomic mass is 16.4. The third-order valence-corrected chi connectivity index (χ3v) is 0.626. The Morgan fingerprint density at radius 1 is 1.88 bits per heavy atom. The van der Waals surface area contributed by atoms with Gasteiger partial charge in [0, 0.05) is 6.42 Å². The van der Waals surface area contributed by atoms with E-state index >= 15 is 0 Å². The Morgan fingerprint density at radius 2 is 2.38 bits per heavy atom. The van der Waals surface area contributed by atoms with Gasteiger partial charge in [-0.25, -0.2) is 4.79 Å². The second kappa shape index (κ2) is 3.15. The Hall–Kier alpha value is -0.900. The average molecular weight is 117 g/mol. The van der Waals surface area contributed by atoms with Gasteiger partial charge in [-0.05, 0) is 6.21 Å². The third kappa shape index (κ3) is 2.30. The maximum absolute atomic E-state index is 9.74. The van der Waals surface area contributed by atoms with Crippen molar-refractivity contribution in [2.24, 2.45) is 0 Å². The standard InChI is InChI=1S/C4H7NO3/c5-2-1-3(6)4(7)8/h2-3,5-6H,1H2,(H,7,8). The molecule has 0 aromatic rings. The van der Waals surface area contributed by atoms with Crippen LogP contribution in [0.25, 0.3) is 0 Å². The second-order valence-electron chi connectivity index (χ2n) is 1.29. The molecule has 0 saturated heterocycles. The van der Waals surface area contributed by atoms with E-state index in [1.54, 1.807) is 0 Å². The lowest BCUT2D eigenvalue weighted by Crippen LogP contribution is -2.19. The Labute approximate surface area is 46.3 Å². The molecule has 0 rings (SSSR count). The van der Waals surface area contributed by atoms with Crippen LogP contribution in [-0.2, 0) is 4.79 Å². The highest BCUT2D eigenvalue weighted by molar-refractivity contribution is 5.75. The topological polar surface area (TPSA) is 81.4 Å². The molecule has 0 aromatic heterocycles. The lowest BCUT2D eigenvalue weighted by Gasteiger charge is -1.96. The van der Waals surface area contributed by atoms with Crippen LogP contribution in [0.3, 0.4) is 0 Å². The Kier molecular flexibility index (Phi) is 2.79. The summed E-state index contributed by atoms with van der Waals surface area (Å²) in [5, 5.41) is 22.7. The number of carboxylic acids is 1. The van der Waals surface area contributed by atoms with Gasteiger partial charge in [-0.15, -0.1) is 0 Å². The van der Waals surface area contributed by atoms with Gasteiger partial charge in [0.1, 0.15) is 0 Å². The number of aliphatic carboxylic acids is 1. The molecule has 3 N–H and O–H groups in total. The van der Waals surface area contributed by atoms with E-state index in [-0.39, 0.29) is 6.42 Å². The van der Waals surface area contributed by atoms with Crippen LogP contribution in [0.15, 0.2) is 0 Å². The minimum Gasteiger partial charge on any atom is -0.479 e. The summed E-state index contributed by atoms with van der Waals surface area (Å²) in [4.78, 5) is 9.74. The molecule has 0 aromatic carbocycles. The van der Waals surface area contributed by atoms with E-state index < -0.39 is 12.1 Å². The molecule has 1 atom stereocenters. The van der Waals surface area contributed by atoms with E-state index in [9.17, 15) is 4.79 Å². The van der Waals surface area contributed by atoms with Crippen molar-refractivity contribution in [1.82, 2.24) is 0 Å². The fourth-order valence-electron chi connectivity index (χ4n) is 0.212. The van der Waals surface area contributed by atoms with Crippen LogP contribution < -0.4 is 0 Å². The van der Waals surface area contributed by atoms with Crippen LogP contribution in [0.1, 0.15) is 6.42 Å². The van der Waals surface area contributed by atoms with Crippen LogP contribution in [0.5, 0.6) is 0 Å². The minimum atomic E-state index is -1.41. The van der Waals surface area contributed by atoms with Gasteiger partial charge in [0.05, 0.1) is 0 Å². The smallest absolute Gasteiger partial charge is 0.332 e. The van der Waals surface area contributed by atoms with Crippen molar-refractivity contribution in [2.75, 3.05) is 0 Å². The van der Waals surface area contributed by atoms with Crippen LogP contribution >= 0.6 is 0 Å². The number of hydrogen-bond donors (Lipinski definition) is 3. The summed E-state index contributed by atoms with van der Waals surface area (Å²) >= 11 is 0. The first-order chi connectivity index (χ1) is 3.68. The highest BCUT2D eigenvalue weighted by Crippen LogP contribution is 1.85. The number of carboxylic acid groups (broad SMARTS) is 1. The van der Waals surface area contributed by atoms with E-state index in [0.717, 1.165) is 6.21 Å². The van der Waals surface area contributed by atoms with Gasteiger partial charge in [0.2, 0.25) is 0 Å². The summed E-state index contributed by atoms with van der Waals surface area (Å²) in [6.07, 6.45) is -0.666. The van der Waals surface area contributed by atoms with Crippen molar-refractivity contribution >= 4 is 12.2 Å². The first kappa shape index (κ1) is 7.10. The fraction of sp³-hybridized carbons (Fsp3) is 0.500. The number of nitrogens with one attached hydrogen (secondary N) is 1. The molecular formula is C4H7NO3. The minimum absolute atomic E-state index is 0.116. The van der Waals surface area contributed by atoms with Crippen molar-refractivity contribution < 1.29 is 15.0 Å². The molecule has 0 aliphatic carbocycles. The van der Waals surface area contributed by atoms with Crippen LogP contribution in [0.2, 0.25) is 0 Å². The zero-order chi connectivity index (χ0) is 6.57. The van der Waals surface area contributed by atoms with Gasteiger partial charge in [-0.3, -0.25) is 0 Å². The predicted octanol–water partition coefficient (Wildman–Crippen LogP) is -0.528. The lowest BCUT2D eigenvalue weighted by atomic mass is 10.3. The molecule has 4 nitrogen and oxygen atoms in total. The van der Waals surface area contributed by atoms with Crippen molar-refractivity contribution in [2.45, 2.75) is 12.5 Å². The van der Waals surface area contributed by atoms with Gasteiger partial charge in [0.25, 0.3) is 0 Å². The zero-order valence-electron chi connectivity index (χ0n) is 4.16. The summed E-state index contributed by atoms with van der Waals surface area (Å²) in [7, 11) is 0. The molecule has 0 bridgehead atoms. The van der Waals surface area contributed by atoms with E-state index in [4.69, 9.17) is 15.6 Å². The van der Waals surface area contributed by atoms with E-state index in [2.05, 4.69) is 0 Å². The summed E-state index contributed by atoms with van der Waals surface area (Å²) in [5.74, 6) is -1.28. The first-order valence-corrected chi connectivity index (χ1v) is 2.08. The molecule has 0 saturated carbocycles. The lowest BCUT2D eigenvalue weighted by molar-refractivity contribution is -0.146. The second-order valence-corrected chi connectivity index (χ2v) is 1.29. The quantitative estimate of drug-likeness (QED) is 0.434. The zero-order valence-corrected chi connectivity index (χ0v) is 4.16. The largest absolute Gasteiger partial charge is 0.479 e. The Bertz CT molecular complexity index is 101. The highest BCUT2D eigenvalue weighted by Gasteiger charge is 2.09. The SMILES string of the molecule is N=CCC(O)C(=O)O. The molecule has 0 spiro atoms. The van der Waals surface area contributed by atoms with Gasteiger partial charge >= 0.3 is 5.97 Å². The molecule has 0 fully saturated rings. The molecule has 46 valence electrons. The molecular weight excluding hydrogens is 110 g/mol. The Morgan fingerprint density at radius 3 is 2.50 bits per heavy atom. The van der Waals surface area contributed by atoms with Crippen LogP contribution in [0, 0.1) is 5.41 Å². The van der Waals surface area contributed by atoms with Crippen molar-refractivity contribution in [3.63, 3.8) is 0 Å². The maximum atomic E-state index is 9.74. The molecule has 0 heterocycles. The van der Waals surface area contributed by atoms with Crippen molar-refractivity contribution in [1.29, 1.82) is 5.41 Å². The summed E-state index contributed by atoms with van der Waals surface area (Å²) in [5.41, 5.74) is 0. The first-order valence-electron chi connectivity index (χ1n) is 2.08. The summed E-state index contributed by atoms with van der Waals surface area (Å²) < 4.78 is 0. The van der Waals surface area contributed by atoms with E-state index in [1.807, 2.05) is 0 Å². The monoisotopic (exact) mass is 117 g/mol. The summed E-state index contributed by atoms with van der Waals surface area (Å²) in [6, 6.07) is 0. The maximum Gasteiger partial charge on any atom is 0.332 e. The van der Waals surface area contributed by atoms with E-state index in [1.165, 1.54) is 0 Å². The molecule has 0 radical (unpaired) electrons. The van der Waals surface area contributed by atoms with Crippen molar-refractivity contribution in [3.05, 3.63) is 0 Å². The van der Waals surface area contributed by atoms with Crippen molar-refractivity contribution in [3.8, 4) is 0 Å². The number of aliphatic hydroxyl groups is 1. The van der Waals surface area contributed by atoms with Gasteiger partial charge in [0.15, 0.2) is 6.10 Å². The average Bonchev–Trinajstić information content (AvgIpc) is 1.67. The van der Waals surface area contributed by atoms with Crippen LogP contribution in [-0.4, -0.2) is 28.5 Å². The van der Waals surface area contributed by atoms with Gasteiger partial charge in [-0.1, -0.05) is 0 Å². The Balaban J connectivity index is 3.46. The molecule has 8 heavy (non-hydrogen) atoms. The number of hydrogen-bond acceptors (Lipinski definition) is 3. The normalized spacial score (nSPS) is 12.6. The molecule has 1 unspecified atom stereocenters. The van der Waals surface area contributed by atoms with Gasteiger partial charge < -0.3 is 15.6 Å². The number of carbonyl (C=O) groups is 1. The van der Waals surface area contributed by atoms with Crippen LogP contribution in [0.4, 0.5) is 0 Å². The third-order valence-electron chi connectivity index (χ3n) is 0.626. The predicted molar refractivity (Wildman–Crippen MR) is 27.0 cm³/mol. The summed E-state index contributed by atoms with van der Waals surface area (Å²) in [6.45, 7) is 0. The number of aliphatic hydroxyl groups excluding tert-OH is 1.